The van der Waals surface area contributed by atoms with Crippen LogP contribution in [-0.4, -0.2) is 19.9 Å². The van der Waals surface area contributed by atoms with E-state index in [-0.39, 0.29) is 0 Å². The van der Waals surface area contributed by atoms with Gasteiger partial charge in [0.2, 0.25) is 0 Å². The molecule has 0 saturated heterocycles. The van der Waals surface area contributed by atoms with Gasteiger partial charge < -0.3 is 0 Å². The minimum absolute atomic E-state index is 0.877. The second-order valence-electron chi connectivity index (χ2n) is 10.4. The van der Waals surface area contributed by atoms with Crippen molar-refractivity contribution in [1.29, 1.82) is 0 Å². The van der Waals surface area contributed by atoms with Gasteiger partial charge in [0.15, 0.2) is 0 Å². The number of fused-ring (bicyclic) bond motifs is 4. The maximum atomic E-state index is 5.11. The Morgan fingerprint density at radius 1 is 0.333 bits per heavy atom. The van der Waals surface area contributed by atoms with Gasteiger partial charge in [0, 0.05) is 33.5 Å². The first-order valence-corrected chi connectivity index (χ1v) is 14.0. The molecule has 4 heterocycles. The van der Waals surface area contributed by atoms with Gasteiger partial charge >= 0.3 is 0 Å². The SMILES string of the molecule is c1ccc(-c2ccc3ccc4ccc(-c5ccc(-c6ccc7nc(-c8ccccn8)ccc7c6)cc5)nc4c3n2)cc1. The lowest BCUT2D eigenvalue weighted by Gasteiger charge is -2.09. The van der Waals surface area contributed by atoms with Crippen LogP contribution in [0.2, 0.25) is 0 Å². The van der Waals surface area contributed by atoms with E-state index in [0.29, 0.717) is 0 Å². The molecule has 0 N–H and O–H groups in total. The van der Waals surface area contributed by atoms with E-state index in [4.69, 9.17) is 15.0 Å². The maximum absolute atomic E-state index is 5.11. The Bertz CT molecular complexity index is 2230. The van der Waals surface area contributed by atoms with E-state index in [1.807, 2.05) is 42.5 Å². The van der Waals surface area contributed by atoms with Crippen molar-refractivity contribution in [2.75, 3.05) is 0 Å². The van der Waals surface area contributed by atoms with Gasteiger partial charge in [0.1, 0.15) is 0 Å². The molecule has 4 nitrogen and oxygen atoms in total. The third-order valence-corrected chi connectivity index (χ3v) is 7.72. The second kappa shape index (κ2) is 10.0. The van der Waals surface area contributed by atoms with Crippen LogP contribution in [0.1, 0.15) is 0 Å². The molecule has 0 saturated carbocycles. The van der Waals surface area contributed by atoms with E-state index in [1.165, 1.54) is 0 Å². The molecule has 0 unspecified atom stereocenters. The Hall–Kier alpha value is -5.74. The highest BCUT2D eigenvalue weighted by molar-refractivity contribution is 6.04. The fourth-order valence-corrected chi connectivity index (χ4v) is 5.49. The second-order valence-corrected chi connectivity index (χ2v) is 10.4. The number of pyridine rings is 4. The summed E-state index contributed by atoms with van der Waals surface area (Å²) < 4.78 is 0. The van der Waals surface area contributed by atoms with Crippen molar-refractivity contribution < 1.29 is 0 Å². The van der Waals surface area contributed by atoms with Crippen LogP contribution in [0.4, 0.5) is 0 Å². The van der Waals surface area contributed by atoms with E-state index in [2.05, 4.69) is 102 Å². The van der Waals surface area contributed by atoms with Crippen LogP contribution in [0.15, 0.2) is 146 Å². The Balaban J connectivity index is 1.13. The van der Waals surface area contributed by atoms with Crippen molar-refractivity contribution in [2.24, 2.45) is 0 Å². The molecule has 0 spiro atoms. The normalized spacial score (nSPS) is 11.3. The minimum atomic E-state index is 0.877. The van der Waals surface area contributed by atoms with E-state index in [1.54, 1.807) is 6.20 Å². The number of hydrogen-bond acceptors (Lipinski definition) is 4. The number of nitrogens with zero attached hydrogens (tertiary/aromatic N) is 4. The van der Waals surface area contributed by atoms with Gasteiger partial charge in [-0.1, -0.05) is 97.1 Å². The van der Waals surface area contributed by atoms with Crippen molar-refractivity contribution in [3.8, 4) is 45.0 Å². The summed E-state index contributed by atoms with van der Waals surface area (Å²) in [5, 5.41) is 3.26. The molecule has 0 amide bonds. The fraction of sp³-hybridized carbons (Fsp3) is 0. The van der Waals surface area contributed by atoms with Gasteiger partial charge in [-0.25, -0.2) is 15.0 Å². The highest BCUT2D eigenvalue weighted by Gasteiger charge is 2.10. The lowest BCUT2D eigenvalue weighted by molar-refractivity contribution is 1.28. The standard InChI is InChI=1S/C38H24N4/c1-2-6-26(7-3-1)32-19-15-28-13-14-29-16-20-33(42-38(29)37(28)41-32)27-11-9-25(10-12-27)30-17-21-34-31(24-30)18-22-36(40-34)35-8-4-5-23-39-35/h1-24H. The molecule has 42 heavy (non-hydrogen) atoms. The van der Waals surface area contributed by atoms with Gasteiger partial charge in [-0.05, 0) is 53.6 Å². The van der Waals surface area contributed by atoms with E-state index >= 15 is 0 Å². The summed E-state index contributed by atoms with van der Waals surface area (Å²) in [5.74, 6) is 0. The zero-order valence-corrected chi connectivity index (χ0v) is 22.6. The van der Waals surface area contributed by atoms with E-state index in [9.17, 15) is 0 Å². The van der Waals surface area contributed by atoms with Gasteiger partial charge in [0.05, 0.1) is 39.3 Å². The molecule has 4 aromatic heterocycles. The molecule has 196 valence electrons. The molecule has 8 rings (SSSR count). The Morgan fingerprint density at radius 3 is 1.60 bits per heavy atom. The van der Waals surface area contributed by atoms with Crippen LogP contribution in [-0.2, 0) is 0 Å². The molecule has 8 aromatic rings. The topological polar surface area (TPSA) is 51.6 Å². The maximum Gasteiger partial charge on any atom is 0.0972 e. The summed E-state index contributed by atoms with van der Waals surface area (Å²) in [7, 11) is 0. The van der Waals surface area contributed by atoms with Crippen molar-refractivity contribution in [2.45, 2.75) is 0 Å². The molecule has 0 bridgehead atoms. The van der Waals surface area contributed by atoms with Crippen molar-refractivity contribution in [3.63, 3.8) is 0 Å². The molecule has 0 atom stereocenters. The van der Waals surface area contributed by atoms with Gasteiger partial charge in [0.25, 0.3) is 0 Å². The lowest BCUT2D eigenvalue weighted by Crippen LogP contribution is -1.91. The molecule has 0 aliphatic carbocycles. The first kappa shape index (κ1) is 24.1. The van der Waals surface area contributed by atoms with Crippen LogP contribution >= 0.6 is 0 Å². The highest BCUT2D eigenvalue weighted by atomic mass is 14.8. The smallest absolute Gasteiger partial charge is 0.0972 e. The van der Waals surface area contributed by atoms with Crippen LogP contribution < -0.4 is 0 Å². The molecule has 0 radical (unpaired) electrons. The highest BCUT2D eigenvalue weighted by Crippen LogP contribution is 2.31. The summed E-state index contributed by atoms with van der Waals surface area (Å²) >= 11 is 0. The molecule has 4 heteroatoms. The monoisotopic (exact) mass is 536 g/mol. The van der Waals surface area contributed by atoms with Crippen molar-refractivity contribution in [1.82, 2.24) is 19.9 Å². The van der Waals surface area contributed by atoms with E-state index < -0.39 is 0 Å². The Morgan fingerprint density at radius 2 is 0.905 bits per heavy atom. The summed E-state index contributed by atoms with van der Waals surface area (Å²) in [6, 6.07) is 48.0. The van der Waals surface area contributed by atoms with Crippen molar-refractivity contribution >= 4 is 32.7 Å². The number of benzene rings is 4. The van der Waals surface area contributed by atoms with Crippen LogP contribution in [0.3, 0.4) is 0 Å². The summed E-state index contributed by atoms with van der Waals surface area (Å²) in [5.41, 5.74) is 10.9. The Kier molecular flexibility index (Phi) is 5.75. The van der Waals surface area contributed by atoms with Gasteiger partial charge in [-0.15, -0.1) is 0 Å². The fourth-order valence-electron chi connectivity index (χ4n) is 5.49. The molecule has 4 aromatic carbocycles. The zero-order valence-electron chi connectivity index (χ0n) is 22.6. The predicted octanol–water partition coefficient (Wildman–Crippen LogP) is 9.39. The third-order valence-electron chi connectivity index (χ3n) is 7.72. The summed E-state index contributed by atoms with van der Waals surface area (Å²) in [6.07, 6.45) is 1.79. The minimum Gasteiger partial charge on any atom is -0.255 e. The quantitative estimate of drug-likeness (QED) is 0.210. The molecule has 0 aliphatic rings. The predicted molar refractivity (Wildman–Crippen MR) is 172 cm³/mol. The summed E-state index contributed by atoms with van der Waals surface area (Å²) in [4.78, 5) is 19.4. The van der Waals surface area contributed by atoms with E-state index in [0.717, 1.165) is 77.7 Å². The average molecular weight is 537 g/mol. The van der Waals surface area contributed by atoms with Crippen LogP contribution in [0.5, 0.6) is 0 Å². The number of aromatic nitrogens is 4. The zero-order chi connectivity index (χ0) is 27.9. The molecule has 0 aliphatic heterocycles. The lowest BCUT2D eigenvalue weighted by atomic mass is 10.0. The third kappa shape index (κ3) is 4.36. The van der Waals surface area contributed by atoms with Crippen molar-refractivity contribution in [3.05, 3.63) is 146 Å². The van der Waals surface area contributed by atoms with Crippen LogP contribution in [0.25, 0.3) is 77.7 Å². The van der Waals surface area contributed by atoms with Gasteiger partial charge in [-0.2, -0.15) is 0 Å². The largest absolute Gasteiger partial charge is 0.255 e. The Labute approximate surface area is 243 Å². The molecular weight excluding hydrogens is 512 g/mol. The van der Waals surface area contributed by atoms with Gasteiger partial charge in [-0.3, -0.25) is 4.98 Å². The number of rotatable bonds is 4. The summed E-state index contributed by atoms with van der Waals surface area (Å²) in [6.45, 7) is 0. The average Bonchev–Trinajstić information content (AvgIpc) is 3.08. The molecule has 0 fully saturated rings. The van der Waals surface area contributed by atoms with Crippen LogP contribution in [0, 0.1) is 0 Å². The molecular formula is C38H24N4. The first-order valence-electron chi connectivity index (χ1n) is 14.0. The number of hydrogen-bond donors (Lipinski definition) is 0. The first-order chi connectivity index (χ1) is 20.8.